The second-order valence-electron chi connectivity index (χ2n) is 4.54. The zero-order valence-corrected chi connectivity index (χ0v) is 11.2. The molecule has 0 spiro atoms. The van der Waals surface area contributed by atoms with Crippen molar-refractivity contribution < 1.29 is 9.72 Å². The molecule has 5 heteroatoms. The maximum atomic E-state index is 11.4. The first kappa shape index (κ1) is 14.3. The van der Waals surface area contributed by atoms with E-state index in [0.29, 0.717) is 23.2 Å². The molecule has 0 aromatic carbocycles. The molecule has 98 valence electrons. The number of carbonyl (C=O) groups is 1. The predicted molar refractivity (Wildman–Crippen MR) is 68.5 cm³/mol. The van der Waals surface area contributed by atoms with Gasteiger partial charge in [-0.3, -0.25) is 19.9 Å². The van der Waals surface area contributed by atoms with E-state index in [-0.39, 0.29) is 22.3 Å². The maximum Gasteiger partial charge on any atom is 0.278 e. The van der Waals surface area contributed by atoms with Gasteiger partial charge in [0.2, 0.25) is 0 Å². The van der Waals surface area contributed by atoms with Crippen molar-refractivity contribution in [2.45, 2.75) is 40.5 Å². The van der Waals surface area contributed by atoms with Crippen LogP contribution in [0, 0.1) is 29.9 Å². The van der Waals surface area contributed by atoms with Gasteiger partial charge in [0, 0.05) is 23.2 Å². The fourth-order valence-corrected chi connectivity index (χ4v) is 2.06. The number of rotatable bonds is 5. The number of Topliss-reactive ketones (excluding diaryl/α,β-unsaturated/α-hetero) is 1. The highest BCUT2D eigenvalue weighted by Crippen LogP contribution is 2.26. The Kier molecular flexibility index (Phi) is 4.53. The van der Waals surface area contributed by atoms with E-state index >= 15 is 0 Å². The molecule has 0 N–H and O–H groups in total. The van der Waals surface area contributed by atoms with Crippen molar-refractivity contribution in [2.24, 2.45) is 5.92 Å². The van der Waals surface area contributed by atoms with Gasteiger partial charge in [0.1, 0.15) is 5.78 Å². The van der Waals surface area contributed by atoms with E-state index in [4.69, 9.17) is 0 Å². The number of aryl methyl sites for hydroxylation is 1. The molecule has 1 aromatic heterocycles. The van der Waals surface area contributed by atoms with Crippen LogP contribution in [0.1, 0.15) is 37.1 Å². The van der Waals surface area contributed by atoms with E-state index in [0.717, 1.165) is 6.42 Å². The van der Waals surface area contributed by atoms with Crippen molar-refractivity contribution in [3.05, 3.63) is 33.1 Å². The van der Waals surface area contributed by atoms with Gasteiger partial charge in [-0.15, -0.1) is 0 Å². The molecule has 1 rings (SSSR count). The molecule has 1 heterocycles. The lowest BCUT2D eigenvalue weighted by Gasteiger charge is -2.13. The normalized spacial score (nSPS) is 12.2. The Labute approximate surface area is 106 Å². The molecule has 0 amide bonds. The third-order valence-corrected chi connectivity index (χ3v) is 3.27. The van der Waals surface area contributed by atoms with Gasteiger partial charge in [0.25, 0.3) is 5.69 Å². The second-order valence-corrected chi connectivity index (χ2v) is 4.54. The largest absolute Gasteiger partial charge is 0.300 e. The van der Waals surface area contributed by atoms with Crippen LogP contribution in [0.25, 0.3) is 0 Å². The first-order valence-electron chi connectivity index (χ1n) is 5.98. The lowest BCUT2D eigenvalue weighted by molar-refractivity contribution is -0.386. The summed E-state index contributed by atoms with van der Waals surface area (Å²) in [5, 5.41) is 11.0. The van der Waals surface area contributed by atoms with Crippen molar-refractivity contribution >= 4 is 11.5 Å². The van der Waals surface area contributed by atoms with Crippen molar-refractivity contribution in [3.8, 4) is 0 Å². The van der Waals surface area contributed by atoms with Crippen LogP contribution in [-0.4, -0.2) is 15.7 Å². The number of pyridine rings is 1. The molecule has 0 bridgehead atoms. The van der Waals surface area contributed by atoms with E-state index in [1.54, 1.807) is 20.8 Å². The smallest absolute Gasteiger partial charge is 0.278 e. The van der Waals surface area contributed by atoms with E-state index in [2.05, 4.69) is 4.98 Å². The van der Waals surface area contributed by atoms with E-state index < -0.39 is 0 Å². The molecule has 18 heavy (non-hydrogen) atoms. The van der Waals surface area contributed by atoms with Gasteiger partial charge in [-0.25, -0.2) is 0 Å². The fourth-order valence-electron chi connectivity index (χ4n) is 2.06. The zero-order chi connectivity index (χ0) is 13.9. The van der Waals surface area contributed by atoms with Crippen molar-refractivity contribution in [1.82, 2.24) is 4.98 Å². The Bertz CT molecular complexity index is 483. The third-order valence-electron chi connectivity index (χ3n) is 3.27. The highest BCUT2D eigenvalue weighted by atomic mass is 16.6. The zero-order valence-electron chi connectivity index (χ0n) is 11.2. The molecule has 5 nitrogen and oxygen atoms in total. The average Bonchev–Trinajstić information content (AvgIpc) is 2.27. The molecular weight excluding hydrogens is 232 g/mol. The van der Waals surface area contributed by atoms with Crippen LogP contribution in [0.15, 0.2) is 6.20 Å². The van der Waals surface area contributed by atoms with Crippen molar-refractivity contribution in [3.63, 3.8) is 0 Å². The van der Waals surface area contributed by atoms with Crippen LogP contribution in [0.4, 0.5) is 5.69 Å². The van der Waals surface area contributed by atoms with Gasteiger partial charge in [-0.1, -0.05) is 6.92 Å². The molecule has 1 unspecified atom stereocenters. The minimum atomic E-state index is -0.384. The molecule has 0 aliphatic heterocycles. The summed E-state index contributed by atoms with van der Waals surface area (Å²) >= 11 is 0. The summed E-state index contributed by atoms with van der Waals surface area (Å²) in [6.45, 7) is 6.85. The molecule has 0 saturated carbocycles. The summed E-state index contributed by atoms with van der Waals surface area (Å²) in [5.74, 6) is -0.0135. The van der Waals surface area contributed by atoms with Gasteiger partial charge in [-0.05, 0) is 33.6 Å². The maximum absolute atomic E-state index is 11.4. The fraction of sp³-hybridized carbons (Fsp3) is 0.538. The summed E-state index contributed by atoms with van der Waals surface area (Å²) in [6, 6.07) is 0. The number of nitro groups is 1. The average molecular weight is 250 g/mol. The summed E-state index contributed by atoms with van der Waals surface area (Å²) in [5.41, 5.74) is 1.88. The SMILES string of the molecule is CCC(Cc1ncc(C)c([N+](=O)[O-])c1C)C(C)=O. The predicted octanol–water partition coefficient (Wildman–Crippen LogP) is 2.76. The van der Waals surface area contributed by atoms with E-state index in [9.17, 15) is 14.9 Å². The van der Waals surface area contributed by atoms with Gasteiger partial charge in [-0.2, -0.15) is 0 Å². The van der Waals surface area contributed by atoms with Crippen LogP contribution in [-0.2, 0) is 11.2 Å². The third kappa shape index (κ3) is 2.91. The summed E-state index contributed by atoms with van der Waals surface area (Å²) < 4.78 is 0. The lowest BCUT2D eigenvalue weighted by Crippen LogP contribution is -2.15. The molecular formula is C13H18N2O3. The standard InChI is InChI=1S/C13H18N2O3/c1-5-11(10(4)16)6-12-9(3)13(15(17)18)8(2)7-14-12/h7,11H,5-6H2,1-4H3. The van der Waals surface area contributed by atoms with Crippen LogP contribution in [0.5, 0.6) is 0 Å². The van der Waals surface area contributed by atoms with Gasteiger partial charge in [0.15, 0.2) is 0 Å². The number of hydrogen-bond donors (Lipinski definition) is 0. The Morgan fingerprint density at radius 1 is 1.50 bits per heavy atom. The Morgan fingerprint density at radius 3 is 2.56 bits per heavy atom. The number of ketones is 1. The van der Waals surface area contributed by atoms with Crippen LogP contribution < -0.4 is 0 Å². The number of aromatic nitrogens is 1. The van der Waals surface area contributed by atoms with E-state index in [1.165, 1.54) is 6.20 Å². The summed E-state index contributed by atoms with van der Waals surface area (Å²) in [7, 11) is 0. The quantitative estimate of drug-likeness (QED) is 0.595. The number of nitrogens with zero attached hydrogens (tertiary/aromatic N) is 2. The monoisotopic (exact) mass is 250 g/mol. The summed E-state index contributed by atoms with van der Waals surface area (Å²) in [6.07, 6.45) is 2.70. The highest BCUT2D eigenvalue weighted by Gasteiger charge is 2.21. The first-order valence-corrected chi connectivity index (χ1v) is 5.98. The number of carbonyl (C=O) groups excluding carboxylic acids is 1. The topological polar surface area (TPSA) is 73.1 Å². The van der Waals surface area contributed by atoms with Crippen LogP contribution in [0.3, 0.4) is 0 Å². The van der Waals surface area contributed by atoms with E-state index in [1.807, 2.05) is 6.92 Å². The number of hydrogen-bond acceptors (Lipinski definition) is 4. The van der Waals surface area contributed by atoms with Crippen LogP contribution in [0.2, 0.25) is 0 Å². The Balaban J connectivity index is 3.15. The van der Waals surface area contributed by atoms with Gasteiger partial charge >= 0.3 is 0 Å². The first-order chi connectivity index (χ1) is 8.38. The lowest BCUT2D eigenvalue weighted by atomic mass is 9.93. The molecule has 0 fully saturated rings. The molecule has 0 radical (unpaired) electrons. The molecule has 1 atom stereocenters. The van der Waals surface area contributed by atoms with Crippen molar-refractivity contribution in [1.29, 1.82) is 0 Å². The minimum Gasteiger partial charge on any atom is -0.300 e. The van der Waals surface area contributed by atoms with Gasteiger partial charge in [0.05, 0.1) is 10.6 Å². The molecule has 1 aromatic rings. The minimum absolute atomic E-state index is 0.0990. The molecule has 0 aliphatic rings. The second kappa shape index (κ2) is 5.71. The highest BCUT2D eigenvalue weighted by molar-refractivity contribution is 5.78. The Morgan fingerprint density at radius 2 is 2.11 bits per heavy atom. The van der Waals surface area contributed by atoms with Crippen LogP contribution >= 0.6 is 0 Å². The molecule has 0 saturated heterocycles. The van der Waals surface area contributed by atoms with Gasteiger partial charge < -0.3 is 0 Å². The van der Waals surface area contributed by atoms with Crippen molar-refractivity contribution in [2.75, 3.05) is 0 Å². The Hall–Kier alpha value is -1.78. The molecule has 0 aliphatic carbocycles. The summed E-state index contributed by atoms with van der Waals surface area (Å²) in [4.78, 5) is 26.3.